The van der Waals surface area contributed by atoms with E-state index in [4.69, 9.17) is 5.11 Å². The fraction of sp³-hybridized carbons (Fsp3) is 0.455. The molecule has 0 unspecified atom stereocenters. The van der Waals surface area contributed by atoms with Crippen molar-refractivity contribution in [1.82, 2.24) is 9.97 Å². The number of aromatic carboxylic acids is 1. The van der Waals surface area contributed by atoms with Crippen LogP contribution in [0.4, 0.5) is 0 Å². The number of hydrogen-bond acceptors (Lipinski definition) is 4. The van der Waals surface area contributed by atoms with Gasteiger partial charge in [-0.25, -0.2) is 14.8 Å². The van der Waals surface area contributed by atoms with Crippen LogP contribution in [0.1, 0.15) is 47.4 Å². The van der Waals surface area contributed by atoms with Crippen LogP contribution in [-0.2, 0) is 6.42 Å². The van der Waals surface area contributed by atoms with Gasteiger partial charge in [0.25, 0.3) is 0 Å². The maximum atomic E-state index is 11.7. The van der Waals surface area contributed by atoms with E-state index in [9.17, 15) is 9.59 Å². The van der Waals surface area contributed by atoms with Crippen LogP contribution in [0, 0.1) is 5.92 Å². The summed E-state index contributed by atoms with van der Waals surface area (Å²) in [5.41, 5.74) is -0.120. The summed E-state index contributed by atoms with van der Waals surface area (Å²) in [4.78, 5) is 30.5. The third-order valence-corrected chi connectivity index (χ3v) is 2.15. The number of carbonyl (C=O) groups excluding carboxylic acids is 1. The zero-order valence-corrected chi connectivity index (χ0v) is 9.52. The normalized spacial score (nSPS) is 10.5. The number of carboxylic acids is 1. The minimum Gasteiger partial charge on any atom is -0.476 e. The lowest BCUT2D eigenvalue weighted by molar-refractivity contribution is 0.0683. The summed E-state index contributed by atoms with van der Waals surface area (Å²) in [6.45, 7) is 5.24. The van der Waals surface area contributed by atoms with Gasteiger partial charge in [0.05, 0.1) is 5.56 Å². The predicted molar refractivity (Wildman–Crippen MR) is 57.5 cm³/mol. The Hall–Kier alpha value is -1.78. The Morgan fingerprint density at radius 2 is 2.06 bits per heavy atom. The minimum atomic E-state index is -1.19. The predicted octanol–water partition coefficient (Wildman–Crippen LogP) is 1.58. The molecule has 1 rings (SSSR count). The lowest BCUT2D eigenvalue weighted by Gasteiger charge is -2.07. The first kappa shape index (κ1) is 12.3. The second kappa shape index (κ2) is 4.83. The highest BCUT2D eigenvalue weighted by molar-refractivity contribution is 6.05. The number of Topliss-reactive ketones (excluding diaryl/α,β-unsaturated/α-hetero) is 1. The number of aromatic nitrogens is 2. The third kappa shape index (κ3) is 2.42. The van der Waals surface area contributed by atoms with Gasteiger partial charge >= 0.3 is 5.97 Å². The molecule has 1 heterocycles. The van der Waals surface area contributed by atoms with E-state index < -0.39 is 5.97 Å². The van der Waals surface area contributed by atoms with Crippen molar-refractivity contribution < 1.29 is 14.7 Å². The highest BCUT2D eigenvalue weighted by Crippen LogP contribution is 2.12. The van der Waals surface area contributed by atoms with E-state index in [0.29, 0.717) is 12.2 Å². The molecule has 0 saturated carbocycles. The lowest BCUT2D eigenvalue weighted by Crippen LogP contribution is -2.17. The van der Waals surface area contributed by atoms with Crippen molar-refractivity contribution in [3.05, 3.63) is 23.3 Å². The third-order valence-electron chi connectivity index (χ3n) is 2.15. The molecule has 1 N–H and O–H groups in total. The molecule has 16 heavy (non-hydrogen) atoms. The van der Waals surface area contributed by atoms with E-state index in [1.54, 1.807) is 13.8 Å². The highest BCUT2D eigenvalue weighted by atomic mass is 16.4. The SMILES string of the molecule is CCc1ncc(C(=O)C(C)C)c(C(=O)O)n1. The van der Waals surface area contributed by atoms with Crippen LogP contribution in [-0.4, -0.2) is 26.8 Å². The van der Waals surface area contributed by atoms with Gasteiger partial charge in [-0.15, -0.1) is 0 Å². The van der Waals surface area contributed by atoms with Gasteiger partial charge in [-0.2, -0.15) is 0 Å². The number of ketones is 1. The number of hydrogen-bond donors (Lipinski definition) is 1. The van der Waals surface area contributed by atoms with Crippen molar-refractivity contribution in [2.75, 3.05) is 0 Å². The molecule has 0 spiro atoms. The van der Waals surface area contributed by atoms with Crippen molar-refractivity contribution in [2.24, 2.45) is 5.92 Å². The van der Waals surface area contributed by atoms with Gasteiger partial charge in [-0.3, -0.25) is 4.79 Å². The van der Waals surface area contributed by atoms with E-state index in [0.717, 1.165) is 0 Å². The summed E-state index contributed by atoms with van der Waals surface area (Å²) >= 11 is 0. The molecule has 0 bridgehead atoms. The Morgan fingerprint density at radius 1 is 1.44 bits per heavy atom. The van der Waals surface area contributed by atoms with Crippen molar-refractivity contribution in [3.8, 4) is 0 Å². The number of carboxylic acid groups (broad SMARTS) is 1. The first-order chi connectivity index (χ1) is 7.47. The minimum absolute atomic E-state index is 0.0831. The summed E-state index contributed by atoms with van der Waals surface area (Å²) < 4.78 is 0. The molecule has 0 aliphatic carbocycles. The molecule has 5 nitrogen and oxygen atoms in total. The van der Waals surface area contributed by atoms with Crippen molar-refractivity contribution >= 4 is 11.8 Å². The average molecular weight is 222 g/mol. The molecule has 0 saturated heterocycles. The molecular formula is C11H14N2O3. The first-order valence-electron chi connectivity index (χ1n) is 5.10. The van der Waals surface area contributed by atoms with Crippen LogP contribution in [0.5, 0.6) is 0 Å². The van der Waals surface area contributed by atoms with Gasteiger partial charge in [0.1, 0.15) is 5.82 Å². The summed E-state index contributed by atoms with van der Waals surface area (Å²) in [5.74, 6) is -1.28. The van der Waals surface area contributed by atoms with Crippen LogP contribution < -0.4 is 0 Å². The molecular weight excluding hydrogens is 208 g/mol. The zero-order chi connectivity index (χ0) is 12.3. The number of rotatable bonds is 4. The van der Waals surface area contributed by atoms with E-state index >= 15 is 0 Å². The average Bonchev–Trinajstić information content (AvgIpc) is 2.26. The number of carbonyl (C=O) groups is 2. The second-order valence-corrected chi connectivity index (χ2v) is 3.73. The van der Waals surface area contributed by atoms with Gasteiger partial charge in [0, 0.05) is 18.5 Å². The molecule has 5 heteroatoms. The Labute approximate surface area is 93.5 Å². The van der Waals surface area contributed by atoms with E-state index in [2.05, 4.69) is 9.97 Å². The summed E-state index contributed by atoms with van der Waals surface area (Å²) in [6, 6.07) is 0. The molecule has 0 amide bonds. The molecule has 0 atom stereocenters. The van der Waals surface area contributed by atoms with Gasteiger partial charge < -0.3 is 5.11 Å². The van der Waals surface area contributed by atoms with E-state index in [1.165, 1.54) is 6.20 Å². The maximum absolute atomic E-state index is 11.7. The zero-order valence-electron chi connectivity index (χ0n) is 9.52. The number of nitrogens with zero attached hydrogens (tertiary/aromatic N) is 2. The van der Waals surface area contributed by atoms with Crippen molar-refractivity contribution in [3.63, 3.8) is 0 Å². The summed E-state index contributed by atoms with van der Waals surface area (Å²) in [5, 5.41) is 8.97. The first-order valence-corrected chi connectivity index (χ1v) is 5.10. The van der Waals surface area contributed by atoms with E-state index in [-0.39, 0.29) is 23.0 Å². The molecule has 1 aromatic rings. The fourth-order valence-corrected chi connectivity index (χ4v) is 1.24. The molecule has 0 aliphatic rings. The lowest BCUT2D eigenvalue weighted by atomic mass is 10.0. The fourth-order valence-electron chi connectivity index (χ4n) is 1.24. The van der Waals surface area contributed by atoms with Crippen LogP contribution in [0.15, 0.2) is 6.20 Å². The van der Waals surface area contributed by atoms with Crippen LogP contribution in [0.25, 0.3) is 0 Å². The Kier molecular flexibility index (Phi) is 3.71. The van der Waals surface area contributed by atoms with Gasteiger partial charge in [0.2, 0.25) is 0 Å². The van der Waals surface area contributed by atoms with E-state index in [1.807, 2.05) is 6.92 Å². The molecule has 86 valence electrons. The highest BCUT2D eigenvalue weighted by Gasteiger charge is 2.21. The summed E-state index contributed by atoms with van der Waals surface area (Å²) in [7, 11) is 0. The Balaban J connectivity index is 3.28. The van der Waals surface area contributed by atoms with Crippen molar-refractivity contribution in [2.45, 2.75) is 27.2 Å². The van der Waals surface area contributed by atoms with Crippen molar-refractivity contribution in [1.29, 1.82) is 0 Å². The Bertz CT molecular complexity index is 427. The maximum Gasteiger partial charge on any atom is 0.355 e. The second-order valence-electron chi connectivity index (χ2n) is 3.73. The quantitative estimate of drug-likeness (QED) is 0.782. The molecule has 0 fully saturated rings. The standard InChI is InChI=1S/C11H14N2O3/c1-4-8-12-5-7(10(14)6(2)3)9(13-8)11(15)16/h5-6H,4H2,1-3H3,(H,15,16). The van der Waals surface area contributed by atoms with Crippen LogP contribution >= 0.6 is 0 Å². The number of aryl methyl sites for hydroxylation is 1. The van der Waals surface area contributed by atoms with Gasteiger partial charge in [0.15, 0.2) is 11.5 Å². The molecule has 1 aromatic heterocycles. The van der Waals surface area contributed by atoms with Gasteiger partial charge in [-0.05, 0) is 0 Å². The molecule has 0 aliphatic heterocycles. The molecule has 0 radical (unpaired) electrons. The monoisotopic (exact) mass is 222 g/mol. The van der Waals surface area contributed by atoms with Crippen LogP contribution in [0.2, 0.25) is 0 Å². The summed E-state index contributed by atoms with van der Waals surface area (Å²) in [6.07, 6.45) is 1.84. The largest absolute Gasteiger partial charge is 0.476 e. The van der Waals surface area contributed by atoms with Crippen LogP contribution in [0.3, 0.4) is 0 Å². The van der Waals surface area contributed by atoms with Gasteiger partial charge in [-0.1, -0.05) is 20.8 Å². The topological polar surface area (TPSA) is 80.2 Å². The Morgan fingerprint density at radius 3 is 2.50 bits per heavy atom. The molecule has 0 aromatic carbocycles. The smallest absolute Gasteiger partial charge is 0.355 e.